The molecule has 1 saturated heterocycles. The third-order valence-corrected chi connectivity index (χ3v) is 5.85. The summed E-state index contributed by atoms with van der Waals surface area (Å²) in [6.07, 6.45) is 7.68. The predicted octanol–water partition coefficient (Wildman–Crippen LogP) is 2.54. The van der Waals surface area contributed by atoms with E-state index < -0.39 is 0 Å². The van der Waals surface area contributed by atoms with Gasteiger partial charge in [0, 0.05) is 50.3 Å². The Morgan fingerprint density at radius 1 is 1.20 bits per heavy atom. The van der Waals surface area contributed by atoms with E-state index >= 15 is 0 Å². The molecule has 1 aromatic carbocycles. The maximum Gasteiger partial charge on any atom is 0.253 e. The average Bonchev–Trinajstić information content (AvgIpc) is 3.19. The highest BCUT2D eigenvalue weighted by Crippen LogP contribution is 2.37. The normalized spacial score (nSPS) is 23.7. The molecule has 0 radical (unpaired) electrons. The predicted molar refractivity (Wildman–Crippen MR) is 95.5 cm³/mol. The van der Waals surface area contributed by atoms with Crippen LogP contribution in [0.25, 0.3) is 0 Å². The number of carbonyl (C=O) groups excluding carboxylic acids is 1. The van der Waals surface area contributed by atoms with E-state index in [4.69, 9.17) is 0 Å². The largest absolute Gasteiger partial charge is 0.396 e. The second kappa shape index (κ2) is 6.64. The van der Waals surface area contributed by atoms with Gasteiger partial charge < -0.3 is 10.0 Å². The number of hydrogen-bond acceptors (Lipinski definition) is 3. The Balaban J connectivity index is 1.48. The number of likely N-dealkylation sites (tertiary alicyclic amines) is 1. The minimum absolute atomic E-state index is 0.0602. The molecule has 2 aliphatic rings. The monoisotopic (exact) mass is 339 g/mol. The molecule has 0 unspecified atom stereocenters. The molecule has 132 valence electrons. The summed E-state index contributed by atoms with van der Waals surface area (Å²) in [5, 5.41) is 14.0. The van der Waals surface area contributed by atoms with Crippen LogP contribution in [0.4, 0.5) is 0 Å². The molecule has 2 heterocycles. The van der Waals surface area contributed by atoms with E-state index in [-0.39, 0.29) is 24.3 Å². The molecule has 1 aliphatic heterocycles. The van der Waals surface area contributed by atoms with Crippen molar-refractivity contribution in [2.45, 2.75) is 31.1 Å². The van der Waals surface area contributed by atoms with Crippen LogP contribution in [0.5, 0.6) is 0 Å². The van der Waals surface area contributed by atoms with Crippen molar-refractivity contribution in [1.82, 2.24) is 14.7 Å². The summed E-state index contributed by atoms with van der Waals surface area (Å²) < 4.78 is 1.77. The zero-order chi connectivity index (χ0) is 17.4. The summed E-state index contributed by atoms with van der Waals surface area (Å²) in [4.78, 5) is 14.8. The van der Waals surface area contributed by atoms with Gasteiger partial charge in [-0.1, -0.05) is 18.6 Å². The van der Waals surface area contributed by atoms with Crippen molar-refractivity contribution in [2.24, 2.45) is 13.0 Å². The number of carbonyl (C=O) groups is 1. The van der Waals surface area contributed by atoms with Crippen molar-refractivity contribution >= 4 is 5.91 Å². The highest BCUT2D eigenvalue weighted by atomic mass is 16.3. The Bertz CT molecular complexity index is 749. The lowest BCUT2D eigenvalue weighted by Crippen LogP contribution is -2.29. The van der Waals surface area contributed by atoms with Crippen LogP contribution in [-0.4, -0.2) is 45.4 Å². The first-order valence-corrected chi connectivity index (χ1v) is 9.14. The van der Waals surface area contributed by atoms with Gasteiger partial charge in [-0.15, -0.1) is 0 Å². The smallest absolute Gasteiger partial charge is 0.253 e. The standard InChI is InChI=1S/C20H25N3O2/c1-22-10-17(9-21-22)19-12-23(11-18(19)13-24)20(25)16-7-5-15(6-8-16)14-3-2-4-14/h5-10,14,18-19,24H,2-4,11-13H2,1H3/t18-,19-/m0/s1. The van der Waals surface area contributed by atoms with Crippen LogP contribution in [0.15, 0.2) is 36.7 Å². The summed E-state index contributed by atoms with van der Waals surface area (Å²) in [6.45, 7) is 1.32. The summed E-state index contributed by atoms with van der Waals surface area (Å²) >= 11 is 0. The molecule has 1 N–H and O–H groups in total. The highest BCUT2D eigenvalue weighted by molar-refractivity contribution is 5.94. The minimum atomic E-state index is 0.0602. The molecule has 2 atom stereocenters. The molecule has 1 aliphatic carbocycles. The molecule has 1 aromatic heterocycles. The molecule has 25 heavy (non-hydrogen) atoms. The van der Waals surface area contributed by atoms with Gasteiger partial charge in [-0.3, -0.25) is 9.48 Å². The SMILES string of the molecule is Cn1cc([C@@H]2CN(C(=O)c3ccc(C4CCC4)cc3)C[C@H]2CO)cn1. The molecular weight excluding hydrogens is 314 g/mol. The second-order valence-electron chi connectivity index (χ2n) is 7.46. The quantitative estimate of drug-likeness (QED) is 0.931. The van der Waals surface area contributed by atoms with Gasteiger partial charge in [0.15, 0.2) is 0 Å². The second-order valence-corrected chi connectivity index (χ2v) is 7.46. The summed E-state index contributed by atoms with van der Waals surface area (Å²) in [6, 6.07) is 8.13. The molecular formula is C20H25N3O2. The lowest BCUT2D eigenvalue weighted by atomic mass is 9.80. The van der Waals surface area contributed by atoms with Gasteiger partial charge in [-0.25, -0.2) is 0 Å². The fourth-order valence-corrected chi connectivity index (χ4v) is 4.05. The molecule has 5 heteroatoms. The number of rotatable bonds is 4. The Morgan fingerprint density at radius 2 is 1.96 bits per heavy atom. The fraction of sp³-hybridized carbons (Fsp3) is 0.500. The van der Waals surface area contributed by atoms with Crippen molar-refractivity contribution < 1.29 is 9.90 Å². The minimum Gasteiger partial charge on any atom is -0.396 e. The molecule has 4 rings (SSSR count). The Kier molecular flexibility index (Phi) is 4.34. The summed E-state index contributed by atoms with van der Waals surface area (Å²) in [5.74, 6) is 0.967. The number of aliphatic hydroxyl groups excluding tert-OH is 1. The molecule has 2 aromatic rings. The van der Waals surface area contributed by atoms with E-state index in [1.165, 1.54) is 24.8 Å². The van der Waals surface area contributed by atoms with E-state index in [0.29, 0.717) is 19.0 Å². The van der Waals surface area contributed by atoms with Gasteiger partial charge in [0.1, 0.15) is 0 Å². The lowest BCUT2D eigenvalue weighted by Gasteiger charge is -2.26. The van der Waals surface area contributed by atoms with Crippen LogP contribution in [0.2, 0.25) is 0 Å². The number of amides is 1. The zero-order valence-electron chi connectivity index (χ0n) is 14.6. The maximum absolute atomic E-state index is 12.9. The van der Waals surface area contributed by atoms with Crippen LogP contribution < -0.4 is 0 Å². The van der Waals surface area contributed by atoms with Crippen LogP contribution in [0, 0.1) is 5.92 Å². The Hall–Kier alpha value is -2.14. The molecule has 5 nitrogen and oxygen atoms in total. The van der Waals surface area contributed by atoms with E-state index in [2.05, 4.69) is 17.2 Å². The average molecular weight is 339 g/mol. The van der Waals surface area contributed by atoms with Gasteiger partial charge in [-0.05, 0) is 42.0 Å². The number of hydrogen-bond donors (Lipinski definition) is 1. The van der Waals surface area contributed by atoms with Crippen molar-refractivity contribution in [3.63, 3.8) is 0 Å². The van der Waals surface area contributed by atoms with E-state index in [1.807, 2.05) is 36.5 Å². The summed E-state index contributed by atoms with van der Waals surface area (Å²) in [7, 11) is 1.89. The van der Waals surface area contributed by atoms with Crippen molar-refractivity contribution in [2.75, 3.05) is 19.7 Å². The molecule has 1 saturated carbocycles. The van der Waals surface area contributed by atoms with Gasteiger partial charge in [0.2, 0.25) is 0 Å². The van der Waals surface area contributed by atoms with Gasteiger partial charge in [-0.2, -0.15) is 5.10 Å². The number of benzene rings is 1. The first kappa shape index (κ1) is 16.3. The molecule has 1 amide bonds. The fourth-order valence-electron chi connectivity index (χ4n) is 4.05. The third kappa shape index (κ3) is 3.09. The zero-order valence-corrected chi connectivity index (χ0v) is 14.6. The van der Waals surface area contributed by atoms with Crippen molar-refractivity contribution in [3.8, 4) is 0 Å². The van der Waals surface area contributed by atoms with Gasteiger partial charge >= 0.3 is 0 Å². The van der Waals surface area contributed by atoms with E-state index in [9.17, 15) is 9.90 Å². The van der Waals surface area contributed by atoms with E-state index in [1.54, 1.807) is 4.68 Å². The molecule has 2 fully saturated rings. The number of aryl methyl sites for hydroxylation is 1. The van der Waals surface area contributed by atoms with E-state index in [0.717, 1.165) is 11.1 Å². The maximum atomic E-state index is 12.9. The summed E-state index contributed by atoms with van der Waals surface area (Å²) in [5.41, 5.74) is 3.19. The Labute approximate surface area is 148 Å². The van der Waals surface area contributed by atoms with Crippen LogP contribution >= 0.6 is 0 Å². The van der Waals surface area contributed by atoms with Gasteiger partial charge in [0.25, 0.3) is 5.91 Å². The first-order valence-electron chi connectivity index (χ1n) is 9.14. The Morgan fingerprint density at radius 3 is 2.52 bits per heavy atom. The number of aliphatic hydroxyl groups is 1. The van der Waals surface area contributed by atoms with Crippen LogP contribution in [-0.2, 0) is 7.05 Å². The first-order chi connectivity index (χ1) is 12.2. The lowest BCUT2D eigenvalue weighted by molar-refractivity contribution is 0.0781. The van der Waals surface area contributed by atoms with Crippen LogP contribution in [0.1, 0.15) is 52.6 Å². The number of nitrogens with zero attached hydrogens (tertiary/aromatic N) is 3. The van der Waals surface area contributed by atoms with Crippen molar-refractivity contribution in [1.29, 1.82) is 0 Å². The highest BCUT2D eigenvalue weighted by Gasteiger charge is 2.36. The molecule has 0 spiro atoms. The topological polar surface area (TPSA) is 58.4 Å². The molecule has 0 bridgehead atoms. The van der Waals surface area contributed by atoms with Gasteiger partial charge in [0.05, 0.1) is 6.20 Å². The van der Waals surface area contributed by atoms with Crippen LogP contribution in [0.3, 0.4) is 0 Å². The van der Waals surface area contributed by atoms with Crippen molar-refractivity contribution in [3.05, 3.63) is 53.3 Å². The third-order valence-electron chi connectivity index (χ3n) is 5.85. The number of aromatic nitrogens is 2.